The molecule has 0 radical (unpaired) electrons. The molecule has 1 fully saturated rings. The third-order valence-corrected chi connectivity index (χ3v) is 3.69. The van der Waals surface area contributed by atoms with Crippen molar-refractivity contribution < 1.29 is 9.59 Å². The number of nitrogens with one attached hydrogen (secondary N) is 1. The minimum atomic E-state index is -0.0612. The molecule has 0 aromatic heterocycles. The van der Waals surface area contributed by atoms with Crippen LogP contribution < -0.4 is 5.32 Å². The monoisotopic (exact) mass is 310 g/mol. The minimum absolute atomic E-state index is 0.0155. The van der Waals surface area contributed by atoms with E-state index < -0.39 is 0 Å². The van der Waals surface area contributed by atoms with Gasteiger partial charge in [-0.25, -0.2) is 0 Å². The van der Waals surface area contributed by atoms with Crippen LogP contribution in [-0.2, 0) is 9.59 Å². The normalized spacial score (nSPS) is 18.2. The lowest BCUT2D eigenvalue weighted by molar-refractivity contribution is -0.132. The van der Waals surface area contributed by atoms with Gasteiger partial charge >= 0.3 is 0 Å². The number of nitrogens with zero attached hydrogens (tertiary/aromatic N) is 1. The number of carbonyl (C=O) groups is 2. The van der Waals surface area contributed by atoms with E-state index in [0.29, 0.717) is 13.0 Å². The molecule has 0 bridgehead atoms. The number of halogens is 1. The van der Waals surface area contributed by atoms with E-state index in [9.17, 15) is 9.59 Å². The lowest BCUT2D eigenvalue weighted by Crippen LogP contribution is -2.37. The molecular weight excluding hydrogens is 296 g/mol. The van der Waals surface area contributed by atoms with E-state index >= 15 is 0 Å². The highest BCUT2D eigenvalue weighted by Gasteiger charge is 2.25. The second kappa shape index (κ2) is 5.52. The zero-order valence-electron chi connectivity index (χ0n) is 10.1. The Labute approximate surface area is 114 Å². The Kier molecular flexibility index (Phi) is 4.01. The Morgan fingerprint density at radius 3 is 2.61 bits per heavy atom. The molecule has 96 valence electrons. The maximum atomic E-state index is 11.9. The van der Waals surface area contributed by atoms with Crippen molar-refractivity contribution in [3.8, 4) is 0 Å². The SMILES string of the molecule is CC(c1ccc(Br)cc1)N1CCC(=O)NCC1=O. The minimum Gasteiger partial charge on any atom is -0.347 e. The Balaban J connectivity index is 2.16. The number of rotatable bonds is 2. The summed E-state index contributed by atoms with van der Waals surface area (Å²) in [6, 6.07) is 7.87. The Bertz CT molecular complexity index is 459. The van der Waals surface area contributed by atoms with Crippen LogP contribution in [0.2, 0.25) is 0 Å². The molecule has 0 saturated carbocycles. The van der Waals surface area contributed by atoms with E-state index in [0.717, 1.165) is 10.0 Å². The maximum Gasteiger partial charge on any atom is 0.242 e. The average Bonchev–Trinajstić information content (AvgIpc) is 2.52. The van der Waals surface area contributed by atoms with Crippen molar-refractivity contribution in [1.82, 2.24) is 10.2 Å². The maximum absolute atomic E-state index is 11.9. The first-order valence-corrected chi connectivity index (χ1v) is 6.69. The molecular formula is C13H15BrN2O2. The van der Waals surface area contributed by atoms with E-state index in [1.165, 1.54) is 0 Å². The highest BCUT2D eigenvalue weighted by molar-refractivity contribution is 9.10. The summed E-state index contributed by atoms with van der Waals surface area (Å²) in [6.07, 6.45) is 0.368. The molecule has 2 rings (SSSR count). The molecule has 5 heteroatoms. The van der Waals surface area contributed by atoms with E-state index in [-0.39, 0.29) is 24.4 Å². The molecule has 0 aliphatic carbocycles. The van der Waals surface area contributed by atoms with Crippen LogP contribution in [0.25, 0.3) is 0 Å². The molecule has 4 nitrogen and oxygen atoms in total. The fraction of sp³-hybridized carbons (Fsp3) is 0.385. The zero-order chi connectivity index (χ0) is 13.1. The largest absolute Gasteiger partial charge is 0.347 e. The van der Waals surface area contributed by atoms with Gasteiger partial charge in [-0.05, 0) is 24.6 Å². The molecule has 1 aromatic rings. The molecule has 18 heavy (non-hydrogen) atoms. The third-order valence-electron chi connectivity index (χ3n) is 3.16. The Hall–Kier alpha value is -1.36. The van der Waals surface area contributed by atoms with Crippen molar-refractivity contribution in [3.05, 3.63) is 34.3 Å². The van der Waals surface area contributed by atoms with E-state index in [2.05, 4.69) is 21.2 Å². The molecule has 1 heterocycles. The summed E-state index contributed by atoms with van der Waals surface area (Å²) in [7, 11) is 0. The predicted octanol–water partition coefficient (Wildman–Crippen LogP) is 1.86. The molecule has 1 aliphatic heterocycles. The molecule has 1 N–H and O–H groups in total. The molecule has 1 aromatic carbocycles. The molecule has 1 unspecified atom stereocenters. The second-order valence-electron chi connectivity index (χ2n) is 4.34. The van der Waals surface area contributed by atoms with Crippen molar-refractivity contribution in [2.45, 2.75) is 19.4 Å². The van der Waals surface area contributed by atoms with E-state index in [1.54, 1.807) is 4.90 Å². The van der Waals surface area contributed by atoms with Crippen LogP contribution in [0.15, 0.2) is 28.7 Å². The van der Waals surface area contributed by atoms with Crippen molar-refractivity contribution in [2.24, 2.45) is 0 Å². The van der Waals surface area contributed by atoms with Gasteiger partial charge in [-0.1, -0.05) is 28.1 Å². The number of carbonyl (C=O) groups excluding carboxylic acids is 2. The van der Waals surface area contributed by atoms with Crippen molar-refractivity contribution >= 4 is 27.7 Å². The molecule has 2 amide bonds. The zero-order valence-corrected chi connectivity index (χ0v) is 11.7. The molecule has 1 aliphatic rings. The Morgan fingerprint density at radius 2 is 1.94 bits per heavy atom. The summed E-state index contributed by atoms with van der Waals surface area (Å²) in [5.74, 6) is -0.0925. The van der Waals surface area contributed by atoms with Crippen molar-refractivity contribution in [3.63, 3.8) is 0 Å². The molecule has 1 atom stereocenters. The van der Waals surface area contributed by atoms with E-state index in [1.807, 2.05) is 31.2 Å². The van der Waals surface area contributed by atoms with Gasteiger partial charge in [0.2, 0.25) is 11.8 Å². The van der Waals surface area contributed by atoms with Gasteiger partial charge in [0.25, 0.3) is 0 Å². The van der Waals surface area contributed by atoms with Gasteiger partial charge in [-0.3, -0.25) is 9.59 Å². The van der Waals surface area contributed by atoms with Crippen LogP contribution in [0, 0.1) is 0 Å². The fourth-order valence-electron chi connectivity index (χ4n) is 2.04. The van der Waals surface area contributed by atoms with Gasteiger partial charge in [0.15, 0.2) is 0 Å². The number of amides is 2. The lowest BCUT2D eigenvalue weighted by atomic mass is 10.1. The quantitative estimate of drug-likeness (QED) is 0.906. The van der Waals surface area contributed by atoms with Crippen LogP contribution in [-0.4, -0.2) is 29.8 Å². The molecule has 1 saturated heterocycles. The predicted molar refractivity (Wildman–Crippen MR) is 71.9 cm³/mol. The van der Waals surface area contributed by atoms with Crippen molar-refractivity contribution in [1.29, 1.82) is 0 Å². The van der Waals surface area contributed by atoms with Crippen LogP contribution in [0.3, 0.4) is 0 Å². The first-order valence-electron chi connectivity index (χ1n) is 5.89. The summed E-state index contributed by atoms with van der Waals surface area (Å²) in [4.78, 5) is 25.0. The highest BCUT2D eigenvalue weighted by Crippen LogP contribution is 2.23. The average molecular weight is 311 g/mol. The highest BCUT2D eigenvalue weighted by atomic mass is 79.9. The van der Waals surface area contributed by atoms with E-state index in [4.69, 9.17) is 0 Å². The van der Waals surface area contributed by atoms with Crippen molar-refractivity contribution in [2.75, 3.05) is 13.1 Å². The third kappa shape index (κ3) is 2.90. The number of hydrogen-bond acceptors (Lipinski definition) is 2. The number of hydrogen-bond donors (Lipinski definition) is 1. The first-order chi connectivity index (χ1) is 8.58. The van der Waals surface area contributed by atoms with Crippen LogP contribution >= 0.6 is 15.9 Å². The summed E-state index contributed by atoms with van der Waals surface area (Å²) in [5.41, 5.74) is 1.07. The number of benzene rings is 1. The van der Waals surface area contributed by atoms with Crippen LogP contribution in [0.1, 0.15) is 24.9 Å². The smallest absolute Gasteiger partial charge is 0.242 e. The topological polar surface area (TPSA) is 49.4 Å². The summed E-state index contributed by atoms with van der Waals surface area (Å²) >= 11 is 3.39. The van der Waals surface area contributed by atoms with Gasteiger partial charge in [0.1, 0.15) is 0 Å². The Morgan fingerprint density at radius 1 is 1.28 bits per heavy atom. The van der Waals surface area contributed by atoms with Gasteiger partial charge < -0.3 is 10.2 Å². The lowest BCUT2D eigenvalue weighted by Gasteiger charge is -2.27. The molecule has 0 spiro atoms. The van der Waals surface area contributed by atoms with Crippen LogP contribution in [0.4, 0.5) is 0 Å². The standard InChI is InChI=1S/C13H15BrN2O2/c1-9(10-2-4-11(14)5-3-10)16-7-6-12(17)15-8-13(16)18/h2-5,9H,6-8H2,1H3,(H,15,17). The summed E-state index contributed by atoms with van der Waals surface area (Å²) in [5, 5.41) is 2.60. The second-order valence-corrected chi connectivity index (χ2v) is 5.26. The summed E-state index contributed by atoms with van der Waals surface area (Å²) < 4.78 is 1.01. The van der Waals surface area contributed by atoms with Gasteiger partial charge in [0.05, 0.1) is 12.6 Å². The van der Waals surface area contributed by atoms with Gasteiger partial charge in [-0.15, -0.1) is 0 Å². The van der Waals surface area contributed by atoms with Crippen LogP contribution in [0.5, 0.6) is 0 Å². The first kappa shape index (κ1) is 13.1. The van der Waals surface area contributed by atoms with Gasteiger partial charge in [-0.2, -0.15) is 0 Å². The summed E-state index contributed by atoms with van der Waals surface area (Å²) in [6.45, 7) is 2.55. The fourth-order valence-corrected chi connectivity index (χ4v) is 2.31. The van der Waals surface area contributed by atoms with Gasteiger partial charge in [0, 0.05) is 17.4 Å².